The molecule has 72 valence electrons. The first-order valence-corrected chi connectivity index (χ1v) is 5.62. The predicted molar refractivity (Wildman–Crippen MR) is 57.6 cm³/mol. The smallest absolute Gasteiger partial charge is 0.000759 e. The molecule has 13 heavy (non-hydrogen) atoms. The van der Waals surface area contributed by atoms with Crippen LogP contribution in [0.1, 0.15) is 46.0 Å². The van der Waals surface area contributed by atoms with E-state index in [1.54, 1.807) is 11.1 Å². The van der Waals surface area contributed by atoms with Gasteiger partial charge in [-0.25, -0.2) is 0 Å². The van der Waals surface area contributed by atoms with Crippen LogP contribution in [0.2, 0.25) is 0 Å². The van der Waals surface area contributed by atoms with Crippen LogP contribution < -0.4 is 0 Å². The fourth-order valence-corrected chi connectivity index (χ4v) is 2.92. The van der Waals surface area contributed by atoms with Crippen molar-refractivity contribution < 1.29 is 0 Å². The van der Waals surface area contributed by atoms with Crippen molar-refractivity contribution in [1.29, 1.82) is 0 Å². The fourth-order valence-electron chi connectivity index (χ4n) is 2.92. The Balaban J connectivity index is 2.25. The van der Waals surface area contributed by atoms with Crippen molar-refractivity contribution >= 4 is 0 Å². The quantitative estimate of drug-likeness (QED) is 0.488. The Morgan fingerprint density at radius 2 is 2.15 bits per heavy atom. The lowest BCUT2D eigenvalue weighted by Crippen LogP contribution is -2.22. The molecule has 0 aromatic rings. The maximum atomic E-state index is 2.47. The van der Waals surface area contributed by atoms with Crippen LogP contribution in [0, 0.1) is 11.8 Å². The van der Waals surface area contributed by atoms with Crippen molar-refractivity contribution in [2.24, 2.45) is 11.8 Å². The molecule has 0 bridgehead atoms. The van der Waals surface area contributed by atoms with Crippen molar-refractivity contribution in [3.8, 4) is 0 Å². The molecule has 0 heterocycles. The number of hydrogen-bond acceptors (Lipinski definition) is 0. The van der Waals surface area contributed by atoms with Crippen LogP contribution in [0.25, 0.3) is 0 Å². The van der Waals surface area contributed by atoms with Gasteiger partial charge in [-0.2, -0.15) is 0 Å². The van der Waals surface area contributed by atoms with Gasteiger partial charge in [0.1, 0.15) is 0 Å². The lowest BCUT2D eigenvalue weighted by atomic mass is 9.70. The fraction of sp³-hybridized carbons (Fsp3) is 0.692. The van der Waals surface area contributed by atoms with Crippen LogP contribution in [0.15, 0.2) is 23.3 Å². The summed E-state index contributed by atoms with van der Waals surface area (Å²) in [5, 5.41) is 0. The SMILES string of the molecule is CC(C)=C1CCCC2CCC=CC12. The highest BCUT2D eigenvalue weighted by Crippen LogP contribution is 2.41. The minimum atomic E-state index is 0.812. The zero-order valence-corrected chi connectivity index (χ0v) is 8.84. The van der Waals surface area contributed by atoms with Gasteiger partial charge in [-0.1, -0.05) is 23.3 Å². The first-order chi connectivity index (χ1) is 6.29. The molecular weight excluding hydrogens is 156 g/mol. The molecule has 1 fully saturated rings. The molecule has 1 saturated carbocycles. The number of fused-ring (bicyclic) bond motifs is 1. The highest BCUT2D eigenvalue weighted by molar-refractivity contribution is 5.23. The van der Waals surface area contributed by atoms with Gasteiger partial charge in [-0.3, -0.25) is 0 Å². The molecule has 0 N–H and O–H groups in total. The first kappa shape index (κ1) is 9.05. The van der Waals surface area contributed by atoms with Gasteiger partial charge >= 0.3 is 0 Å². The first-order valence-electron chi connectivity index (χ1n) is 5.62. The summed E-state index contributed by atoms with van der Waals surface area (Å²) in [6.45, 7) is 4.56. The second kappa shape index (κ2) is 3.69. The van der Waals surface area contributed by atoms with E-state index in [9.17, 15) is 0 Å². The average molecular weight is 176 g/mol. The molecule has 2 rings (SSSR count). The summed E-state index contributed by atoms with van der Waals surface area (Å²) in [6, 6.07) is 0. The molecule has 2 atom stereocenters. The predicted octanol–water partition coefficient (Wildman–Crippen LogP) is 4.09. The van der Waals surface area contributed by atoms with Gasteiger partial charge in [-0.15, -0.1) is 0 Å². The number of hydrogen-bond donors (Lipinski definition) is 0. The molecule has 0 aliphatic heterocycles. The summed E-state index contributed by atoms with van der Waals surface area (Å²) in [5.41, 5.74) is 3.31. The third-order valence-electron chi connectivity index (χ3n) is 3.62. The molecule has 2 aliphatic rings. The van der Waals surface area contributed by atoms with Crippen LogP contribution in [-0.2, 0) is 0 Å². The van der Waals surface area contributed by atoms with Crippen LogP contribution in [0.3, 0.4) is 0 Å². The lowest BCUT2D eigenvalue weighted by Gasteiger charge is -2.35. The van der Waals surface area contributed by atoms with Gasteiger partial charge in [0.2, 0.25) is 0 Å². The third kappa shape index (κ3) is 1.72. The largest absolute Gasteiger partial charge is 0.0879 e. The summed E-state index contributed by atoms with van der Waals surface area (Å²) in [7, 11) is 0. The van der Waals surface area contributed by atoms with E-state index in [4.69, 9.17) is 0 Å². The minimum absolute atomic E-state index is 0.812. The van der Waals surface area contributed by atoms with Crippen LogP contribution in [-0.4, -0.2) is 0 Å². The maximum Gasteiger partial charge on any atom is 0.000759 e. The summed E-state index contributed by atoms with van der Waals surface area (Å²) in [4.78, 5) is 0. The Bertz CT molecular complexity index is 241. The molecule has 0 nitrogen and oxygen atoms in total. The van der Waals surface area contributed by atoms with Gasteiger partial charge in [0.05, 0.1) is 0 Å². The Labute approximate surface area is 81.7 Å². The van der Waals surface area contributed by atoms with Crippen molar-refractivity contribution in [1.82, 2.24) is 0 Å². The molecule has 2 aliphatic carbocycles. The van der Waals surface area contributed by atoms with E-state index in [0.717, 1.165) is 11.8 Å². The van der Waals surface area contributed by atoms with E-state index in [2.05, 4.69) is 26.0 Å². The molecule has 0 amide bonds. The molecule has 2 unspecified atom stereocenters. The topological polar surface area (TPSA) is 0 Å². The van der Waals surface area contributed by atoms with Gasteiger partial charge in [0.25, 0.3) is 0 Å². The van der Waals surface area contributed by atoms with Gasteiger partial charge < -0.3 is 0 Å². The minimum Gasteiger partial charge on any atom is -0.0879 e. The van der Waals surface area contributed by atoms with E-state index in [1.165, 1.54) is 32.1 Å². The Morgan fingerprint density at radius 1 is 1.31 bits per heavy atom. The van der Waals surface area contributed by atoms with Gasteiger partial charge in [0, 0.05) is 5.92 Å². The summed E-state index contributed by atoms with van der Waals surface area (Å²) in [6.07, 6.45) is 11.8. The zero-order valence-electron chi connectivity index (χ0n) is 8.84. The summed E-state index contributed by atoms with van der Waals surface area (Å²) in [5.74, 6) is 1.79. The molecule has 0 spiro atoms. The van der Waals surface area contributed by atoms with E-state index in [1.807, 2.05) is 0 Å². The second-order valence-electron chi connectivity index (χ2n) is 4.71. The Kier molecular flexibility index (Phi) is 2.57. The highest BCUT2D eigenvalue weighted by atomic mass is 14.3. The van der Waals surface area contributed by atoms with Crippen LogP contribution >= 0.6 is 0 Å². The van der Waals surface area contributed by atoms with Crippen LogP contribution in [0.4, 0.5) is 0 Å². The van der Waals surface area contributed by atoms with Crippen molar-refractivity contribution in [3.05, 3.63) is 23.3 Å². The summed E-state index contributed by atoms with van der Waals surface area (Å²) >= 11 is 0. The van der Waals surface area contributed by atoms with Crippen molar-refractivity contribution in [2.75, 3.05) is 0 Å². The zero-order chi connectivity index (χ0) is 9.26. The molecule has 0 heteroatoms. The number of allylic oxidation sites excluding steroid dienone is 4. The van der Waals surface area contributed by atoms with E-state index < -0.39 is 0 Å². The van der Waals surface area contributed by atoms with Gasteiger partial charge in [-0.05, 0) is 51.9 Å². The maximum absolute atomic E-state index is 2.47. The standard InChI is InChI=1S/C13H20/c1-10(2)12-9-5-7-11-6-3-4-8-13(11)12/h4,8,11,13H,3,5-7,9H2,1-2H3. The van der Waals surface area contributed by atoms with E-state index in [-0.39, 0.29) is 0 Å². The Morgan fingerprint density at radius 3 is 2.92 bits per heavy atom. The molecule has 0 radical (unpaired) electrons. The van der Waals surface area contributed by atoms with Gasteiger partial charge in [0.15, 0.2) is 0 Å². The summed E-state index contributed by atoms with van der Waals surface area (Å²) < 4.78 is 0. The van der Waals surface area contributed by atoms with E-state index in [0.29, 0.717) is 0 Å². The monoisotopic (exact) mass is 176 g/mol. The second-order valence-corrected chi connectivity index (χ2v) is 4.71. The molecule has 0 saturated heterocycles. The van der Waals surface area contributed by atoms with Crippen molar-refractivity contribution in [3.63, 3.8) is 0 Å². The average Bonchev–Trinajstić information content (AvgIpc) is 2.17. The van der Waals surface area contributed by atoms with Crippen LogP contribution in [0.5, 0.6) is 0 Å². The molecule has 0 aromatic heterocycles. The molecule has 0 aromatic carbocycles. The lowest BCUT2D eigenvalue weighted by molar-refractivity contribution is 0.317. The number of rotatable bonds is 0. The third-order valence-corrected chi connectivity index (χ3v) is 3.62. The molecular formula is C13H20. The van der Waals surface area contributed by atoms with E-state index >= 15 is 0 Å². The Hall–Kier alpha value is -0.520. The normalized spacial score (nSPS) is 32.9. The van der Waals surface area contributed by atoms with Crippen molar-refractivity contribution in [2.45, 2.75) is 46.0 Å². The highest BCUT2D eigenvalue weighted by Gasteiger charge is 2.28.